The highest BCUT2D eigenvalue weighted by Gasteiger charge is 2.40. The number of amides is 1. The minimum Gasteiger partial charge on any atom is -1.00 e. The van der Waals surface area contributed by atoms with E-state index in [-0.39, 0.29) is 33.5 Å². The van der Waals surface area contributed by atoms with Gasteiger partial charge in [-0.3, -0.25) is 14.9 Å². The second-order valence-electron chi connectivity index (χ2n) is 8.66. The summed E-state index contributed by atoms with van der Waals surface area (Å²) < 4.78 is 4.16. The van der Waals surface area contributed by atoms with E-state index in [4.69, 9.17) is 5.73 Å². The molecular weight excluding hydrogens is 532 g/mol. The lowest BCUT2D eigenvalue weighted by Gasteiger charge is -2.31. The van der Waals surface area contributed by atoms with Crippen LogP contribution < -0.4 is 27.3 Å². The smallest absolute Gasteiger partial charge is 0.276 e. The Morgan fingerprint density at radius 2 is 1.57 bits per heavy atom. The van der Waals surface area contributed by atoms with Gasteiger partial charge < -0.3 is 22.7 Å². The quantitative estimate of drug-likeness (QED) is 0.181. The minimum atomic E-state index is -0.962. The number of hydrogen-bond donors (Lipinski definition) is 1. The zero-order valence-corrected chi connectivity index (χ0v) is 22.1. The number of nitrogens with two attached hydrogens (primary N) is 1. The van der Waals surface area contributed by atoms with E-state index in [1.807, 2.05) is 86.1 Å². The van der Waals surface area contributed by atoms with Crippen LogP contribution in [0, 0.1) is 17.0 Å². The number of carbonyl (C=O) groups is 1. The highest BCUT2D eigenvalue weighted by atomic mass is 79.9. The normalized spacial score (nSPS) is 11.3. The first-order valence-electron chi connectivity index (χ1n) is 11.8. The summed E-state index contributed by atoms with van der Waals surface area (Å²) in [5.41, 5.74) is 7.51. The highest BCUT2D eigenvalue weighted by Crippen LogP contribution is 2.36. The Labute approximate surface area is 226 Å². The van der Waals surface area contributed by atoms with Gasteiger partial charge >= 0.3 is 0 Å². The molecule has 1 amide bonds. The summed E-state index contributed by atoms with van der Waals surface area (Å²) in [6.07, 6.45) is 8.12. The fourth-order valence-corrected chi connectivity index (χ4v) is 4.66. The van der Waals surface area contributed by atoms with Crippen LogP contribution >= 0.6 is 0 Å². The molecule has 7 nitrogen and oxygen atoms in total. The minimum absolute atomic E-state index is 0. The largest absolute Gasteiger partial charge is 1.00 e. The number of allylic oxidation sites excluding steroid dienone is 1. The average Bonchev–Trinajstić information content (AvgIpc) is 3.25. The Morgan fingerprint density at radius 1 is 1.00 bits per heavy atom. The van der Waals surface area contributed by atoms with Crippen molar-refractivity contribution >= 4 is 17.7 Å². The molecule has 0 fully saturated rings. The molecule has 0 unspecified atom stereocenters. The number of nitro groups is 1. The van der Waals surface area contributed by atoms with Gasteiger partial charge in [0.1, 0.15) is 24.4 Å². The number of halogens is 1. The highest BCUT2D eigenvalue weighted by molar-refractivity contribution is 5.90. The summed E-state index contributed by atoms with van der Waals surface area (Å²) >= 11 is 0. The standard InChI is InChI=1S/C29H28N4O3.BrH/c1-23-31(19-10-12-24-11-8-9-17-27(24)33(35)36)21-22-32(23)20-18-29(28(30)34,25-13-4-2-5-14-25)26-15-6-3-7-16-26;/h2-17,21-22H,18-20H2,1H3,(H-,30,34);1H/b12-10+;. The van der Waals surface area contributed by atoms with Gasteiger partial charge in [0.05, 0.1) is 17.0 Å². The predicted molar refractivity (Wildman–Crippen MR) is 139 cm³/mol. The molecule has 1 heterocycles. The van der Waals surface area contributed by atoms with Crippen molar-refractivity contribution in [2.45, 2.75) is 31.8 Å². The molecule has 0 atom stereocenters. The van der Waals surface area contributed by atoms with E-state index >= 15 is 0 Å². The molecule has 1 aromatic heterocycles. The van der Waals surface area contributed by atoms with Crippen molar-refractivity contribution in [3.8, 4) is 0 Å². The Hall–Kier alpha value is -4.04. The molecule has 0 aliphatic heterocycles. The van der Waals surface area contributed by atoms with E-state index in [0.717, 1.165) is 17.0 Å². The van der Waals surface area contributed by atoms with Crippen molar-refractivity contribution in [1.29, 1.82) is 0 Å². The summed E-state index contributed by atoms with van der Waals surface area (Å²) in [7, 11) is 0. The van der Waals surface area contributed by atoms with E-state index in [1.165, 1.54) is 6.07 Å². The molecule has 0 saturated carbocycles. The van der Waals surface area contributed by atoms with Gasteiger partial charge in [-0.25, -0.2) is 9.13 Å². The summed E-state index contributed by atoms with van der Waals surface area (Å²) in [6, 6.07) is 26.0. The number of hydrogen-bond acceptors (Lipinski definition) is 3. The maximum Gasteiger partial charge on any atom is 0.276 e. The lowest BCUT2D eigenvalue weighted by Crippen LogP contribution is -3.00. The fraction of sp³-hybridized carbons (Fsp3) is 0.172. The lowest BCUT2D eigenvalue weighted by molar-refractivity contribution is -0.692. The summed E-state index contributed by atoms with van der Waals surface area (Å²) in [6.45, 7) is 3.15. The molecule has 0 aliphatic carbocycles. The molecule has 8 heteroatoms. The van der Waals surface area contributed by atoms with Crippen LogP contribution in [0.2, 0.25) is 0 Å². The predicted octanol–water partition coefficient (Wildman–Crippen LogP) is 1.57. The number of rotatable bonds is 10. The number of para-hydroxylation sites is 1. The van der Waals surface area contributed by atoms with Crippen LogP contribution in [0.4, 0.5) is 5.69 Å². The van der Waals surface area contributed by atoms with Gasteiger partial charge in [0.2, 0.25) is 5.91 Å². The van der Waals surface area contributed by atoms with Crippen molar-refractivity contribution < 1.29 is 31.3 Å². The number of aromatic nitrogens is 2. The molecule has 2 N–H and O–H groups in total. The van der Waals surface area contributed by atoms with Gasteiger partial charge in [-0.05, 0) is 29.3 Å². The van der Waals surface area contributed by atoms with Crippen LogP contribution in [0.25, 0.3) is 6.08 Å². The first-order valence-corrected chi connectivity index (χ1v) is 11.8. The first-order chi connectivity index (χ1) is 17.4. The number of nitro benzene ring substituents is 1. The van der Waals surface area contributed by atoms with Gasteiger partial charge in [-0.2, -0.15) is 0 Å². The SMILES string of the molecule is Cc1n(CCC(C(N)=O)(c2ccccc2)c2ccccc2)cc[n+]1C/C=C/c1ccccc1[N+](=O)[O-].[Br-]. The maximum atomic E-state index is 13.0. The maximum absolute atomic E-state index is 13.0. The number of aryl methyl sites for hydroxylation is 1. The Balaban J connectivity index is 0.00000380. The lowest BCUT2D eigenvalue weighted by atomic mass is 9.71. The monoisotopic (exact) mass is 560 g/mol. The number of carbonyl (C=O) groups excluding carboxylic acids is 1. The van der Waals surface area contributed by atoms with E-state index in [0.29, 0.717) is 25.1 Å². The van der Waals surface area contributed by atoms with E-state index in [2.05, 4.69) is 9.13 Å². The first kappa shape index (κ1) is 27.5. The van der Waals surface area contributed by atoms with Crippen LogP contribution in [0.15, 0.2) is 103 Å². The van der Waals surface area contributed by atoms with Crippen molar-refractivity contribution in [2.24, 2.45) is 5.73 Å². The summed E-state index contributed by atoms with van der Waals surface area (Å²) in [4.78, 5) is 23.9. The number of nitrogens with zero attached hydrogens (tertiary/aromatic N) is 3. The zero-order chi connectivity index (χ0) is 25.5. The summed E-state index contributed by atoms with van der Waals surface area (Å²) in [5, 5.41) is 11.2. The topological polar surface area (TPSA) is 95.0 Å². The molecule has 0 bridgehead atoms. The Kier molecular flexibility index (Phi) is 9.14. The van der Waals surface area contributed by atoms with Crippen LogP contribution in [0.3, 0.4) is 0 Å². The van der Waals surface area contributed by atoms with Crippen LogP contribution in [-0.4, -0.2) is 15.4 Å². The van der Waals surface area contributed by atoms with Gasteiger partial charge in [0.25, 0.3) is 11.5 Å². The van der Waals surface area contributed by atoms with Crippen molar-refractivity contribution in [3.63, 3.8) is 0 Å². The third-order valence-corrected chi connectivity index (χ3v) is 6.67. The van der Waals surface area contributed by atoms with Gasteiger partial charge in [-0.1, -0.05) is 72.8 Å². The third kappa shape index (κ3) is 5.86. The fourth-order valence-electron chi connectivity index (χ4n) is 4.66. The van der Waals surface area contributed by atoms with Gasteiger partial charge in [0, 0.05) is 19.4 Å². The molecule has 0 saturated heterocycles. The zero-order valence-electron chi connectivity index (χ0n) is 20.5. The van der Waals surface area contributed by atoms with Crippen molar-refractivity contribution in [3.05, 3.63) is 136 Å². The van der Waals surface area contributed by atoms with Crippen molar-refractivity contribution in [2.75, 3.05) is 0 Å². The second kappa shape index (κ2) is 12.3. The molecule has 0 radical (unpaired) electrons. The second-order valence-corrected chi connectivity index (χ2v) is 8.66. The Morgan fingerprint density at radius 3 is 2.14 bits per heavy atom. The summed E-state index contributed by atoms with van der Waals surface area (Å²) in [5.74, 6) is 0.617. The average molecular weight is 561 g/mol. The third-order valence-electron chi connectivity index (χ3n) is 6.67. The number of benzene rings is 3. The number of primary amides is 1. The molecule has 0 aliphatic rings. The van der Waals surface area contributed by atoms with Gasteiger partial charge in [-0.15, -0.1) is 0 Å². The van der Waals surface area contributed by atoms with Gasteiger partial charge in [0.15, 0.2) is 0 Å². The van der Waals surface area contributed by atoms with E-state index in [1.54, 1.807) is 24.3 Å². The number of imidazole rings is 1. The van der Waals surface area contributed by atoms with Crippen LogP contribution in [0.5, 0.6) is 0 Å². The molecule has 37 heavy (non-hydrogen) atoms. The van der Waals surface area contributed by atoms with Crippen molar-refractivity contribution in [1.82, 2.24) is 4.57 Å². The van der Waals surface area contributed by atoms with E-state index < -0.39 is 5.41 Å². The molecule has 190 valence electrons. The molecule has 4 aromatic rings. The van der Waals surface area contributed by atoms with Crippen LogP contribution in [0.1, 0.15) is 28.9 Å². The van der Waals surface area contributed by atoms with E-state index in [9.17, 15) is 14.9 Å². The molecular formula is C29H29BrN4O3. The Bertz CT molecular complexity index is 1350. The molecule has 3 aromatic carbocycles. The molecule has 0 spiro atoms. The van der Waals surface area contributed by atoms with Crippen LogP contribution in [-0.2, 0) is 23.3 Å². The molecule has 4 rings (SSSR count).